The third-order valence-electron chi connectivity index (χ3n) is 1.92. The molecule has 0 N–H and O–H groups in total. The van der Waals surface area contributed by atoms with E-state index < -0.39 is 0 Å². The summed E-state index contributed by atoms with van der Waals surface area (Å²) >= 11 is 0. The summed E-state index contributed by atoms with van der Waals surface area (Å²) in [7, 11) is 3.47. The molecule has 4 heteroatoms. The van der Waals surface area contributed by atoms with Gasteiger partial charge in [-0.2, -0.15) is 5.10 Å². The second-order valence-electron chi connectivity index (χ2n) is 4.54. The quantitative estimate of drug-likeness (QED) is 0.678. The highest BCUT2D eigenvalue weighted by atomic mass is 16.2. The normalized spacial score (nSPS) is 11.5. The molecule has 0 saturated heterocycles. The Labute approximate surface area is 84.5 Å². The average molecular weight is 195 g/mol. The maximum Gasteiger partial charge on any atom is 0.256 e. The van der Waals surface area contributed by atoms with Crippen molar-refractivity contribution in [1.82, 2.24) is 14.7 Å². The van der Waals surface area contributed by atoms with Gasteiger partial charge < -0.3 is 4.90 Å². The van der Waals surface area contributed by atoms with Crippen LogP contribution in [0.15, 0.2) is 12.4 Å². The second-order valence-corrected chi connectivity index (χ2v) is 4.54. The van der Waals surface area contributed by atoms with Gasteiger partial charge in [-0.05, 0) is 20.8 Å². The number of amides is 1. The van der Waals surface area contributed by atoms with Crippen LogP contribution in [-0.2, 0) is 5.54 Å². The van der Waals surface area contributed by atoms with E-state index in [2.05, 4.69) is 5.10 Å². The zero-order valence-corrected chi connectivity index (χ0v) is 9.40. The van der Waals surface area contributed by atoms with E-state index in [9.17, 15) is 4.79 Å². The first-order chi connectivity index (χ1) is 6.32. The molecule has 0 fully saturated rings. The predicted molar refractivity (Wildman–Crippen MR) is 55.2 cm³/mol. The molecule has 0 aliphatic rings. The van der Waals surface area contributed by atoms with Crippen molar-refractivity contribution in [3.8, 4) is 0 Å². The van der Waals surface area contributed by atoms with Crippen LogP contribution in [0.1, 0.15) is 31.1 Å². The van der Waals surface area contributed by atoms with Crippen molar-refractivity contribution in [2.24, 2.45) is 0 Å². The lowest BCUT2D eigenvalue weighted by Crippen LogP contribution is -2.23. The Bertz CT molecular complexity index is 333. The Morgan fingerprint density at radius 2 is 2.00 bits per heavy atom. The molecule has 0 unspecified atom stereocenters. The van der Waals surface area contributed by atoms with Crippen molar-refractivity contribution in [1.29, 1.82) is 0 Å². The lowest BCUT2D eigenvalue weighted by molar-refractivity contribution is 0.0827. The predicted octanol–water partition coefficient (Wildman–Crippen LogP) is 1.34. The zero-order valence-electron chi connectivity index (χ0n) is 9.40. The maximum absolute atomic E-state index is 11.6. The van der Waals surface area contributed by atoms with E-state index in [1.165, 1.54) is 0 Å². The van der Waals surface area contributed by atoms with Gasteiger partial charge in [0.05, 0.1) is 17.3 Å². The van der Waals surface area contributed by atoms with Gasteiger partial charge in [0, 0.05) is 20.3 Å². The summed E-state index contributed by atoms with van der Waals surface area (Å²) in [5.74, 6) is -0.0134. The average Bonchev–Trinajstić information content (AvgIpc) is 2.49. The first-order valence-corrected chi connectivity index (χ1v) is 4.59. The highest BCUT2D eigenvalue weighted by Gasteiger charge is 2.17. The topological polar surface area (TPSA) is 38.1 Å². The molecule has 0 spiro atoms. The fourth-order valence-electron chi connectivity index (χ4n) is 1.06. The van der Waals surface area contributed by atoms with Crippen LogP contribution in [0.2, 0.25) is 0 Å². The summed E-state index contributed by atoms with van der Waals surface area (Å²) in [5, 5.41) is 4.16. The summed E-state index contributed by atoms with van der Waals surface area (Å²) in [6.45, 7) is 6.14. The van der Waals surface area contributed by atoms with Gasteiger partial charge in [0.2, 0.25) is 0 Å². The first kappa shape index (κ1) is 10.8. The fraction of sp³-hybridized carbons (Fsp3) is 0.600. The number of carbonyl (C=O) groups excluding carboxylic acids is 1. The van der Waals surface area contributed by atoms with E-state index in [0.717, 1.165) is 0 Å². The molecule has 0 radical (unpaired) electrons. The zero-order chi connectivity index (χ0) is 10.9. The highest BCUT2D eigenvalue weighted by molar-refractivity contribution is 5.93. The Kier molecular flexibility index (Phi) is 2.64. The number of nitrogens with zero attached hydrogens (tertiary/aromatic N) is 3. The van der Waals surface area contributed by atoms with E-state index in [1.54, 1.807) is 36.1 Å². The van der Waals surface area contributed by atoms with Crippen LogP contribution in [-0.4, -0.2) is 34.7 Å². The van der Waals surface area contributed by atoms with Gasteiger partial charge in [-0.15, -0.1) is 0 Å². The van der Waals surface area contributed by atoms with Crippen molar-refractivity contribution in [2.75, 3.05) is 14.1 Å². The molecule has 4 nitrogen and oxygen atoms in total. The minimum Gasteiger partial charge on any atom is -0.345 e. The molecule has 0 atom stereocenters. The smallest absolute Gasteiger partial charge is 0.256 e. The van der Waals surface area contributed by atoms with Crippen molar-refractivity contribution in [3.63, 3.8) is 0 Å². The van der Waals surface area contributed by atoms with E-state index in [0.29, 0.717) is 5.56 Å². The molecule has 14 heavy (non-hydrogen) atoms. The molecule has 0 aliphatic carbocycles. The molecule has 0 aliphatic heterocycles. The molecule has 1 aromatic heterocycles. The monoisotopic (exact) mass is 195 g/mol. The number of hydrogen-bond donors (Lipinski definition) is 0. The third-order valence-corrected chi connectivity index (χ3v) is 1.92. The second kappa shape index (κ2) is 3.44. The summed E-state index contributed by atoms with van der Waals surface area (Å²) in [4.78, 5) is 13.1. The Morgan fingerprint density at radius 3 is 2.36 bits per heavy atom. The number of rotatable bonds is 1. The standard InChI is InChI=1S/C10H17N3O/c1-10(2,3)13-7-8(6-11-13)9(14)12(4)5/h6-7H,1-5H3. The maximum atomic E-state index is 11.6. The molecular formula is C10H17N3O. The van der Waals surface area contributed by atoms with Crippen molar-refractivity contribution in [3.05, 3.63) is 18.0 Å². The van der Waals surface area contributed by atoms with Gasteiger partial charge in [-0.3, -0.25) is 9.48 Å². The van der Waals surface area contributed by atoms with E-state index >= 15 is 0 Å². The van der Waals surface area contributed by atoms with Crippen molar-refractivity contribution < 1.29 is 4.79 Å². The minimum atomic E-state index is -0.0785. The van der Waals surface area contributed by atoms with Crippen LogP contribution >= 0.6 is 0 Å². The lowest BCUT2D eigenvalue weighted by Gasteiger charge is -2.18. The summed E-state index contributed by atoms with van der Waals surface area (Å²) in [5.41, 5.74) is 0.551. The SMILES string of the molecule is CN(C)C(=O)c1cnn(C(C)(C)C)c1. The van der Waals surface area contributed by atoms with Crippen molar-refractivity contribution >= 4 is 5.91 Å². The number of carbonyl (C=O) groups is 1. The molecule has 78 valence electrons. The largest absolute Gasteiger partial charge is 0.345 e. The highest BCUT2D eigenvalue weighted by Crippen LogP contribution is 2.13. The minimum absolute atomic E-state index is 0.0134. The molecular weight excluding hydrogens is 178 g/mol. The summed E-state index contributed by atoms with van der Waals surface area (Å²) in [6.07, 6.45) is 3.38. The van der Waals surface area contributed by atoms with E-state index in [1.807, 2.05) is 20.8 Å². The molecule has 1 rings (SSSR count). The molecule has 1 aromatic rings. The summed E-state index contributed by atoms with van der Waals surface area (Å²) < 4.78 is 1.80. The summed E-state index contributed by atoms with van der Waals surface area (Å²) in [6, 6.07) is 0. The van der Waals surface area contributed by atoms with E-state index in [4.69, 9.17) is 0 Å². The van der Waals surface area contributed by atoms with Crippen LogP contribution in [0.25, 0.3) is 0 Å². The molecule has 0 bridgehead atoms. The van der Waals surface area contributed by atoms with Crippen molar-refractivity contribution in [2.45, 2.75) is 26.3 Å². The third kappa shape index (κ3) is 2.13. The van der Waals surface area contributed by atoms with Crippen LogP contribution in [0.5, 0.6) is 0 Å². The Morgan fingerprint density at radius 1 is 1.43 bits per heavy atom. The molecule has 1 amide bonds. The fourth-order valence-corrected chi connectivity index (χ4v) is 1.06. The number of hydrogen-bond acceptors (Lipinski definition) is 2. The van der Waals surface area contributed by atoms with Gasteiger partial charge in [0.15, 0.2) is 0 Å². The van der Waals surface area contributed by atoms with Gasteiger partial charge in [0.25, 0.3) is 5.91 Å². The van der Waals surface area contributed by atoms with Gasteiger partial charge in [0.1, 0.15) is 0 Å². The Hall–Kier alpha value is -1.32. The molecule has 1 heterocycles. The first-order valence-electron chi connectivity index (χ1n) is 4.59. The van der Waals surface area contributed by atoms with Crippen LogP contribution in [0.3, 0.4) is 0 Å². The van der Waals surface area contributed by atoms with Gasteiger partial charge in [-0.1, -0.05) is 0 Å². The number of aromatic nitrogens is 2. The van der Waals surface area contributed by atoms with Gasteiger partial charge in [-0.25, -0.2) is 0 Å². The molecule has 0 aromatic carbocycles. The molecule has 0 saturated carbocycles. The Balaban J connectivity index is 2.95. The lowest BCUT2D eigenvalue weighted by atomic mass is 10.1. The van der Waals surface area contributed by atoms with Crippen LogP contribution in [0, 0.1) is 0 Å². The van der Waals surface area contributed by atoms with Gasteiger partial charge >= 0.3 is 0 Å². The van der Waals surface area contributed by atoms with E-state index in [-0.39, 0.29) is 11.4 Å². The van der Waals surface area contributed by atoms with Crippen LogP contribution in [0.4, 0.5) is 0 Å². The van der Waals surface area contributed by atoms with Crippen LogP contribution < -0.4 is 0 Å².